The SMILES string of the molecule is Cc1ccc(C(CNC(=O)N2C[C@@H]3CCC[C@@]3(C(=O)O)C2)N2CCCC2)cc1. The van der Waals surface area contributed by atoms with Crippen LogP contribution in [0, 0.1) is 18.3 Å². The first kappa shape index (κ1) is 19.2. The van der Waals surface area contributed by atoms with Crippen LogP contribution in [0.1, 0.15) is 49.3 Å². The first-order valence-electron chi connectivity index (χ1n) is 10.6. The Hall–Kier alpha value is -2.08. The highest BCUT2D eigenvalue weighted by Gasteiger charge is 2.55. The van der Waals surface area contributed by atoms with E-state index >= 15 is 0 Å². The van der Waals surface area contributed by atoms with Crippen LogP contribution in [-0.2, 0) is 4.79 Å². The summed E-state index contributed by atoms with van der Waals surface area (Å²) in [4.78, 5) is 28.9. The normalized spacial score (nSPS) is 28.3. The Balaban J connectivity index is 1.42. The van der Waals surface area contributed by atoms with Gasteiger partial charge < -0.3 is 15.3 Å². The zero-order valence-electron chi connectivity index (χ0n) is 16.7. The predicted octanol–water partition coefficient (Wildman–Crippen LogP) is 3.03. The molecule has 6 nitrogen and oxygen atoms in total. The fourth-order valence-electron chi connectivity index (χ4n) is 5.39. The number of carboxylic acid groups (broad SMARTS) is 1. The number of fused-ring (bicyclic) bond motifs is 1. The highest BCUT2D eigenvalue weighted by molar-refractivity contribution is 5.80. The van der Waals surface area contributed by atoms with Crippen LogP contribution in [0.15, 0.2) is 24.3 Å². The number of nitrogens with one attached hydrogen (secondary N) is 1. The number of urea groups is 1. The Morgan fingerprint density at radius 3 is 2.57 bits per heavy atom. The van der Waals surface area contributed by atoms with Gasteiger partial charge in [0, 0.05) is 19.6 Å². The summed E-state index contributed by atoms with van der Waals surface area (Å²) in [5.41, 5.74) is 1.74. The molecule has 4 rings (SSSR count). The van der Waals surface area contributed by atoms with Crippen LogP contribution in [0.3, 0.4) is 0 Å². The molecule has 1 aliphatic carbocycles. The van der Waals surface area contributed by atoms with Crippen molar-refractivity contribution in [2.24, 2.45) is 11.3 Å². The van der Waals surface area contributed by atoms with Crippen LogP contribution in [0.2, 0.25) is 0 Å². The van der Waals surface area contributed by atoms with Crippen molar-refractivity contribution >= 4 is 12.0 Å². The van der Waals surface area contributed by atoms with Crippen LogP contribution in [0.5, 0.6) is 0 Å². The van der Waals surface area contributed by atoms with E-state index in [1.807, 2.05) is 0 Å². The van der Waals surface area contributed by atoms with Crippen molar-refractivity contribution in [2.75, 3.05) is 32.7 Å². The number of benzene rings is 1. The Morgan fingerprint density at radius 1 is 1.21 bits per heavy atom. The molecule has 3 fully saturated rings. The number of amides is 2. The molecule has 0 spiro atoms. The van der Waals surface area contributed by atoms with Gasteiger partial charge in [-0.3, -0.25) is 9.69 Å². The van der Waals surface area contributed by atoms with E-state index in [2.05, 4.69) is 41.4 Å². The van der Waals surface area contributed by atoms with Crippen LogP contribution in [-0.4, -0.2) is 59.6 Å². The molecule has 1 aromatic carbocycles. The van der Waals surface area contributed by atoms with E-state index < -0.39 is 11.4 Å². The molecular formula is C22H31N3O3. The number of likely N-dealkylation sites (tertiary alicyclic amines) is 2. The first-order valence-corrected chi connectivity index (χ1v) is 10.6. The quantitative estimate of drug-likeness (QED) is 0.817. The molecule has 1 aromatic rings. The molecule has 3 aliphatic rings. The van der Waals surface area contributed by atoms with E-state index in [0.29, 0.717) is 26.1 Å². The average molecular weight is 386 g/mol. The van der Waals surface area contributed by atoms with Crippen LogP contribution in [0.25, 0.3) is 0 Å². The lowest BCUT2D eigenvalue weighted by Gasteiger charge is -2.29. The molecule has 3 atom stereocenters. The third kappa shape index (κ3) is 3.50. The van der Waals surface area contributed by atoms with Crippen molar-refractivity contribution in [3.63, 3.8) is 0 Å². The average Bonchev–Trinajstić information content (AvgIpc) is 3.39. The zero-order chi connectivity index (χ0) is 19.7. The van der Waals surface area contributed by atoms with Gasteiger partial charge in [-0.2, -0.15) is 0 Å². The summed E-state index contributed by atoms with van der Waals surface area (Å²) in [6.07, 6.45) is 4.96. The van der Waals surface area contributed by atoms with E-state index in [4.69, 9.17) is 0 Å². The van der Waals surface area contributed by atoms with Gasteiger partial charge in [-0.05, 0) is 57.2 Å². The predicted molar refractivity (Wildman–Crippen MR) is 107 cm³/mol. The van der Waals surface area contributed by atoms with Crippen molar-refractivity contribution in [3.8, 4) is 0 Å². The van der Waals surface area contributed by atoms with Crippen LogP contribution < -0.4 is 5.32 Å². The maximum atomic E-state index is 12.8. The molecule has 0 bridgehead atoms. The van der Waals surface area contributed by atoms with Gasteiger partial charge in [0.05, 0.1) is 11.5 Å². The van der Waals surface area contributed by atoms with E-state index in [1.54, 1.807) is 4.90 Å². The lowest BCUT2D eigenvalue weighted by molar-refractivity contribution is -0.149. The van der Waals surface area contributed by atoms with Crippen LogP contribution >= 0.6 is 0 Å². The van der Waals surface area contributed by atoms with Crippen LogP contribution in [0.4, 0.5) is 4.79 Å². The topological polar surface area (TPSA) is 72.9 Å². The van der Waals surface area contributed by atoms with Crippen molar-refractivity contribution < 1.29 is 14.7 Å². The van der Waals surface area contributed by atoms with E-state index in [-0.39, 0.29) is 18.0 Å². The van der Waals surface area contributed by atoms with Gasteiger partial charge in [-0.15, -0.1) is 0 Å². The van der Waals surface area contributed by atoms with Gasteiger partial charge in [0.15, 0.2) is 0 Å². The number of aliphatic carboxylic acids is 1. The summed E-state index contributed by atoms with van der Waals surface area (Å²) < 4.78 is 0. The zero-order valence-corrected chi connectivity index (χ0v) is 16.7. The third-order valence-electron chi connectivity index (χ3n) is 7.07. The number of carbonyl (C=O) groups is 2. The van der Waals surface area contributed by atoms with Gasteiger partial charge >= 0.3 is 12.0 Å². The van der Waals surface area contributed by atoms with Crippen molar-refractivity contribution in [2.45, 2.75) is 45.1 Å². The fraction of sp³-hybridized carbons (Fsp3) is 0.636. The van der Waals surface area contributed by atoms with Gasteiger partial charge in [0.25, 0.3) is 0 Å². The molecule has 2 saturated heterocycles. The Morgan fingerprint density at radius 2 is 1.93 bits per heavy atom. The number of hydrogen-bond acceptors (Lipinski definition) is 3. The molecule has 2 aliphatic heterocycles. The molecule has 1 saturated carbocycles. The molecule has 28 heavy (non-hydrogen) atoms. The van der Waals surface area contributed by atoms with Crippen molar-refractivity contribution in [1.82, 2.24) is 15.1 Å². The second-order valence-electron chi connectivity index (χ2n) is 8.79. The van der Waals surface area contributed by atoms with Crippen molar-refractivity contribution in [1.29, 1.82) is 0 Å². The molecule has 152 valence electrons. The monoisotopic (exact) mass is 385 g/mol. The molecule has 2 N–H and O–H groups in total. The van der Waals surface area contributed by atoms with Gasteiger partial charge in [-0.25, -0.2) is 4.79 Å². The van der Waals surface area contributed by atoms with Gasteiger partial charge in [0.1, 0.15) is 0 Å². The first-order chi connectivity index (χ1) is 13.5. The van der Waals surface area contributed by atoms with Gasteiger partial charge in [0.2, 0.25) is 0 Å². The second kappa shape index (κ2) is 7.74. The Kier molecular flexibility index (Phi) is 5.32. The molecule has 6 heteroatoms. The molecule has 2 amide bonds. The molecule has 1 unspecified atom stereocenters. The lowest BCUT2D eigenvalue weighted by Crippen LogP contribution is -2.44. The van der Waals surface area contributed by atoms with Gasteiger partial charge in [-0.1, -0.05) is 36.2 Å². The van der Waals surface area contributed by atoms with Crippen molar-refractivity contribution in [3.05, 3.63) is 35.4 Å². The maximum absolute atomic E-state index is 12.8. The van der Waals surface area contributed by atoms with E-state index in [9.17, 15) is 14.7 Å². The minimum Gasteiger partial charge on any atom is -0.481 e. The second-order valence-corrected chi connectivity index (χ2v) is 8.79. The number of nitrogens with zero attached hydrogens (tertiary/aromatic N) is 2. The number of rotatable bonds is 5. The highest BCUT2D eigenvalue weighted by Crippen LogP contribution is 2.48. The summed E-state index contributed by atoms with van der Waals surface area (Å²) in [5.74, 6) is -0.637. The summed E-state index contributed by atoms with van der Waals surface area (Å²) in [5, 5.41) is 12.9. The number of aryl methyl sites for hydroxylation is 1. The number of hydrogen-bond donors (Lipinski definition) is 2. The molecule has 0 radical (unpaired) electrons. The fourth-order valence-corrected chi connectivity index (χ4v) is 5.39. The highest BCUT2D eigenvalue weighted by atomic mass is 16.4. The van der Waals surface area contributed by atoms with E-state index in [0.717, 1.165) is 25.9 Å². The summed E-state index contributed by atoms with van der Waals surface area (Å²) >= 11 is 0. The minimum atomic E-state index is -0.736. The number of carboxylic acids is 1. The standard InChI is InChI=1S/C22H31N3O3/c1-16-6-8-17(9-7-16)19(24-11-2-3-12-24)13-23-21(28)25-14-18-5-4-10-22(18,15-25)20(26)27/h6-9,18-19H,2-5,10-15H2,1H3,(H,23,28)(H,26,27)/t18-,19?,22+/m0/s1. The Bertz CT molecular complexity index is 729. The molecular weight excluding hydrogens is 354 g/mol. The molecule has 2 heterocycles. The summed E-state index contributed by atoms with van der Waals surface area (Å²) in [6, 6.07) is 8.61. The lowest BCUT2D eigenvalue weighted by atomic mass is 9.81. The van der Waals surface area contributed by atoms with E-state index in [1.165, 1.54) is 24.0 Å². The maximum Gasteiger partial charge on any atom is 0.317 e. The largest absolute Gasteiger partial charge is 0.481 e. The Labute approximate surface area is 166 Å². The minimum absolute atomic E-state index is 0.0993. The smallest absolute Gasteiger partial charge is 0.317 e. The summed E-state index contributed by atoms with van der Waals surface area (Å²) in [7, 11) is 0. The number of carbonyl (C=O) groups excluding carboxylic acids is 1. The third-order valence-corrected chi connectivity index (χ3v) is 7.07. The molecule has 0 aromatic heterocycles. The summed E-state index contributed by atoms with van der Waals surface area (Å²) in [6.45, 7) is 5.67.